The minimum Gasteiger partial charge on any atom is -0.469 e. The first-order valence-corrected chi connectivity index (χ1v) is 7.78. The number of fused-ring (bicyclic) bond motifs is 1. The molecule has 2 unspecified atom stereocenters. The molecule has 0 bridgehead atoms. The topological polar surface area (TPSA) is 38.3 Å². The molecular weight excluding hydrogens is 262 g/mol. The fourth-order valence-electron chi connectivity index (χ4n) is 3.79. The first-order valence-electron chi connectivity index (χ1n) is 7.78. The molecule has 0 saturated heterocycles. The van der Waals surface area contributed by atoms with E-state index in [1.807, 2.05) is 12.1 Å². The highest BCUT2D eigenvalue weighted by Gasteiger charge is 2.34. The Labute approximate surface area is 126 Å². The van der Waals surface area contributed by atoms with Crippen LogP contribution in [0.1, 0.15) is 62.0 Å². The van der Waals surface area contributed by atoms with Crippen molar-refractivity contribution in [2.24, 2.45) is 5.41 Å². The van der Waals surface area contributed by atoms with E-state index in [1.165, 1.54) is 11.4 Å². The van der Waals surface area contributed by atoms with Crippen LogP contribution in [0, 0.1) is 12.3 Å². The Kier molecular flexibility index (Phi) is 3.48. The first kappa shape index (κ1) is 14.5. The molecule has 0 aromatic carbocycles. The monoisotopic (exact) mass is 287 g/mol. The summed E-state index contributed by atoms with van der Waals surface area (Å²) in [5, 5.41) is 10.4. The molecule has 3 nitrogen and oxygen atoms in total. The maximum atomic E-state index is 10.4. The summed E-state index contributed by atoms with van der Waals surface area (Å²) in [7, 11) is 0. The van der Waals surface area contributed by atoms with E-state index >= 15 is 0 Å². The van der Waals surface area contributed by atoms with E-state index in [-0.39, 0.29) is 11.5 Å². The highest BCUT2D eigenvalue weighted by atomic mass is 16.3. The van der Waals surface area contributed by atoms with E-state index < -0.39 is 0 Å². The minimum absolute atomic E-state index is 0.152. The van der Waals surface area contributed by atoms with Gasteiger partial charge in [-0.05, 0) is 50.3 Å². The predicted octanol–water partition coefficient (Wildman–Crippen LogP) is 4.20. The van der Waals surface area contributed by atoms with Crippen molar-refractivity contribution in [1.29, 1.82) is 0 Å². The Morgan fingerprint density at radius 2 is 2.24 bits per heavy atom. The second kappa shape index (κ2) is 5.06. The molecule has 1 aliphatic carbocycles. The molecule has 0 aliphatic heterocycles. The van der Waals surface area contributed by atoms with Crippen LogP contribution in [0.25, 0.3) is 0 Å². The van der Waals surface area contributed by atoms with Gasteiger partial charge in [-0.2, -0.15) is 0 Å². The molecule has 3 rings (SSSR count). The van der Waals surface area contributed by atoms with Crippen LogP contribution in [-0.2, 0) is 12.8 Å². The van der Waals surface area contributed by atoms with Crippen LogP contribution in [0.5, 0.6) is 0 Å². The number of hydrogen-bond acceptors (Lipinski definition) is 2. The van der Waals surface area contributed by atoms with Crippen LogP contribution in [-0.4, -0.2) is 9.67 Å². The van der Waals surface area contributed by atoms with Crippen LogP contribution < -0.4 is 0 Å². The van der Waals surface area contributed by atoms with E-state index in [9.17, 15) is 5.11 Å². The van der Waals surface area contributed by atoms with E-state index in [1.54, 1.807) is 6.26 Å². The van der Waals surface area contributed by atoms with Gasteiger partial charge in [0.05, 0.1) is 12.4 Å². The van der Waals surface area contributed by atoms with Crippen molar-refractivity contribution in [3.63, 3.8) is 0 Å². The number of furan rings is 1. The third-order valence-corrected chi connectivity index (χ3v) is 4.64. The Morgan fingerprint density at radius 3 is 2.90 bits per heavy atom. The molecule has 2 aromatic rings. The summed E-state index contributed by atoms with van der Waals surface area (Å²) in [6, 6.07) is 6.46. The summed E-state index contributed by atoms with van der Waals surface area (Å²) in [6.07, 6.45) is 4.14. The van der Waals surface area contributed by atoms with Crippen molar-refractivity contribution < 1.29 is 9.52 Å². The van der Waals surface area contributed by atoms with E-state index in [0.717, 1.165) is 30.6 Å². The van der Waals surface area contributed by atoms with Crippen LogP contribution in [0.2, 0.25) is 0 Å². The lowest BCUT2D eigenvalue weighted by Crippen LogP contribution is -2.27. The Bertz CT molecular complexity index is 622. The average molecular weight is 287 g/mol. The van der Waals surface area contributed by atoms with Gasteiger partial charge in [-0.25, -0.2) is 0 Å². The number of aryl methyl sites for hydroxylation is 1. The van der Waals surface area contributed by atoms with Crippen LogP contribution >= 0.6 is 0 Å². The zero-order valence-corrected chi connectivity index (χ0v) is 13.4. The molecule has 0 amide bonds. The van der Waals surface area contributed by atoms with Gasteiger partial charge in [0.1, 0.15) is 5.76 Å². The van der Waals surface area contributed by atoms with Crippen molar-refractivity contribution in [2.45, 2.75) is 59.1 Å². The molecule has 21 heavy (non-hydrogen) atoms. The van der Waals surface area contributed by atoms with Gasteiger partial charge in [0.25, 0.3) is 0 Å². The van der Waals surface area contributed by atoms with E-state index in [4.69, 9.17) is 4.42 Å². The normalized spacial score (nSPS) is 22.0. The van der Waals surface area contributed by atoms with Gasteiger partial charge in [-0.15, -0.1) is 0 Å². The van der Waals surface area contributed by atoms with Gasteiger partial charge >= 0.3 is 0 Å². The van der Waals surface area contributed by atoms with Gasteiger partial charge in [-0.3, -0.25) is 0 Å². The molecule has 0 radical (unpaired) electrons. The van der Waals surface area contributed by atoms with Crippen LogP contribution in [0.3, 0.4) is 0 Å². The van der Waals surface area contributed by atoms with Gasteiger partial charge in [0.15, 0.2) is 0 Å². The minimum atomic E-state index is -0.334. The summed E-state index contributed by atoms with van der Waals surface area (Å²) < 4.78 is 7.88. The molecule has 114 valence electrons. The molecule has 1 aliphatic rings. The number of nitrogens with zero attached hydrogens (tertiary/aromatic N) is 1. The second-order valence-corrected chi connectivity index (χ2v) is 7.25. The van der Waals surface area contributed by atoms with Crippen molar-refractivity contribution in [1.82, 2.24) is 4.57 Å². The third kappa shape index (κ3) is 2.67. The van der Waals surface area contributed by atoms with Crippen molar-refractivity contribution >= 4 is 0 Å². The van der Waals surface area contributed by atoms with Gasteiger partial charge in [0.2, 0.25) is 0 Å². The zero-order chi connectivity index (χ0) is 15.2. The summed E-state index contributed by atoms with van der Waals surface area (Å²) >= 11 is 0. The molecule has 0 spiro atoms. The summed E-state index contributed by atoms with van der Waals surface area (Å²) in [4.78, 5) is 0. The van der Waals surface area contributed by atoms with Gasteiger partial charge in [-0.1, -0.05) is 13.8 Å². The Hall–Kier alpha value is -1.48. The molecule has 0 saturated carbocycles. The smallest absolute Gasteiger partial charge is 0.105 e. The van der Waals surface area contributed by atoms with Crippen LogP contribution in [0.15, 0.2) is 28.9 Å². The first-order chi connectivity index (χ1) is 9.87. The highest BCUT2D eigenvalue weighted by molar-refractivity contribution is 5.34. The number of hydrogen-bond donors (Lipinski definition) is 1. The number of aromatic nitrogens is 1. The van der Waals surface area contributed by atoms with Crippen molar-refractivity contribution in [3.8, 4) is 0 Å². The maximum absolute atomic E-state index is 10.4. The fourth-order valence-corrected chi connectivity index (χ4v) is 3.79. The Morgan fingerprint density at radius 1 is 1.48 bits per heavy atom. The third-order valence-electron chi connectivity index (χ3n) is 4.64. The molecule has 2 atom stereocenters. The lowest BCUT2D eigenvalue weighted by Gasteiger charge is -2.35. The lowest BCUT2D eigenvalue weighted by molar-refractivity contribution is 0.0975. The van der Waals surface area contributed by atoms with Gasteiger partial charge < -0.3 is 14.1 Å². The number of aliphatic hydroxyl groups excluding tert-OH is 1. The fraction of sp³-hybridized carbons (Fsp3) is 0.556. The van der Waals surface area contributed by atoms with E-state index in [2.05, 4.69) is 38.3 Å². The molecular formula is C18H25NO2. The zero-order valence-electron chi connectivity index (χ0n) is 13.4. The second-order valence-electron chi connectivity index (χ2n) is 7.25. The molecule has 2 aromatic heterocycles. The lowest BCUT2D eigenvalue weighted by atomic mass is 9.75. The molecule has 3 heteroatoms. The standard InChI is InChI=1S/C18H25NO2/c1-12(8-14-6-5-7-21-14)19-13(2)9-15-16(19)10-18(3,4)11-17(15)20/h5-7,9,12,17,20H,8,10-11H2,1-4H3. The number of rotatable bonds is 3. The van der Waals surface area contributed by atoms with Crippen molar-refractivity contribution in [2.75, 3.05) is 0 Å². The van der Waals surface area contributed by atoms with Gasteiger partial charge in [0, 0.05) is 29.4 Å². The van der Waals surface area contributed by atoms with Crippen molar-refractivity contribution in [3.05, 3.63) is 47.2 Å². The quantitative estimate of drug-likeness (QED) is 0.918. The molecule has 1 N–H and O–H groups in total. The number of aliphatic hydroxyl groups is 1. The summed E-state index contributed by atoms with van der Waals surface area (Å²) in [5.74, 6) is 1.01. The largest absolute Gasteiger partial charge is 0.469 e. The average Bonchev–Trinajstić information content (AvgIpc) is 2.95. The summed E-state index contributed by atoms with van der Waals surface area (Å²) in [6.45, 7) is 8.84. The Balaban J connectivity index is 1.96. The molecule has 2 heterocycles. The predicted molar refractivity (Wildman–Crippen MR) is 83.4 cm³/mol. The molecule has 0 fully saturated rings. The summed E-state index contributed by atoms with van der Waals surface area (Å²) in [5.41, 5.74) is 3.81. The highest BCUT2D eigenvalue weighted by Crippen LogP contribution is 2.43. The van der Waals surface area contributed by atoms with Crippen LogP contribution in [0.4, 0.5) is 0 Å². The maximum Gasteiger partial charge on any atom is 0.105 e. The van der Waals surface area contributed by atoms with E-state index in [0.29, 0.717) is 6.04 Å². The SMILES string of the molecule is Cc1cc2c(n1C(C)Cc1ccco1)CC(C)(C)CC2O.